The maximum absolute atomic E-state index is 10.3. The fraction of sp³-hybridized carbons (Fsp3) is 0.800. The lowest BCUT2D eigenvalue weighted by Gasteiger charge is -2.53. The van der Waals surface area contributed by atoms with Crippen molar-refractivity contribution in [2.24, 2.45) is 10.8 Å². The smallest absolute Gasteiger partial charge is 0.114 e. The molecule has 2 rings (SSSR count). The van der Waals surface area contributed by atoms with Crippen LogP contribution in [0.25, 0.3) is 0 Å². The third-order valence-corrected chi connectivity index (χ3v) is 4.72. The number of nitrogens with zero attached hydrogens (tertiary/aromatic N) is 1. The summed E-state index contributed by atoms with van der Waals surface area (Å²) in [5, 5.41) is 19.5. The molecule has 0 radical (unpaired) electrons. The Labute approximate surface area is 109 Å². The molecule has 1 N–H and O–H groups in total. The molecule has 100 valence electrons. The van der Waals surface area contributed by atoms with Crippen LogP contribution in [0, 0.1) is 22.2 Å². The zero-order chi connectivity index (χ0) is 13.6. The predicted octanol–water partition coefficient (Wildman–Crippen LogP) is 3.72. The van der Waals surface area contributed by atoms with Crippen LogP contribution in [0.4, 0.5) is 0 Å². The predicted molar refractivity (Wildman–Crippen MR) is 70.0 cm³/mol. The topological polar surface area (TPSA) is 53.2 Å². The van der Waals surface area contributed by atoms with Gasteiger partial charge in [-0.05, 0) is 31.1 Å². The maximum Gasteiger partial charge on any atom is 0.114 e. The molecule has 0 amide bonds. The summed E-state index contributed by atoms with van der Waals surface area (Å²) in [5.74, 6) is 0.226. The Balaban J connectivity index is 2.42. The van der Waals surface area contributed by atoms with Gasteiger partial charge in [-0.3, -0.25) is 0 Å². The van der Waals surface area contributed by atoms with E-state index in [1.54, 1.807) is 0 Å². The normalized spacial score (nSPS) is 39.1. The van der Waals surface area contributed by atoms with Crippen LogP contribution in [-0.2, 0) is 4.74 Å². The Bertz CT molecular complexity index is 419. The van der Waals surface area contributed by atoms with Crippen molar-refractivity contribution in [1.82, 2.24) is 0 Å². The zero-order valence-electron chi connectivity index (χ0n) is 11.8. The molecule has 0 aromatic carbocycles. The molecule has 1 heterocycles. The van der Waals surface area contributed by atoms with E-state index in [1.165, 1.54) is 0 Å². The van der Waals surface area contributed by atoms with Crippen molar-refractivity contribution in [3.63, 3.8) is 0 Å². The second-order valence-electron chi connectivity index (χ2n) is 6.58. The number of hydrogen-bond acceptors (Lipinski definition) is 3. The summed E-state index contributed by atoms with van der Waals surface area (Å²) >= 11 is 0. The average molecular weight is 249 g/mol. The zero-order valence-corrected chi connectivity index (χ0v) is 11.8. The number of aliphatic hydroxyl groups is 1. The van der Waals surface area contributed by atoms with E-state index in [4.69, 9.17) is 4.74 Å². The average Bonchev–Trinajstić information content (AvgIpc) is 2.34. The Morgan fingerprint density at radius 3 is 2.67 bits per heavy atom. The summed E-state index contributed by atoms with van der Waals surface area (Å²) in [4.78, 5) is 0. The summed E-state index contributed by atoms with van der Waals surface area (Å²) in [6.45, 7) is 8.30. The van der Waals surface area contributed by atoms with Crippen LogP contribution >= 0.6 is 0 Å². The lowest BCUT2D eigenvalue weighted by atomic mass is 9.59. The van der Waals surface area contributed by atoms with Gasteiger partial charge in [-0.15, -0.1) is 0 Å². The first-order valence-electron chi connectivity index (χ1n) is 6.83. The molecule has 0 aromatic heterocycles. The molecule has 18 heavy (non-hydrogen) atoms. The first kappa shape index (κ1) is 13.4. The minimum absolute atomic E-state index is 0.000741. The van der Waals surface area contributed by atoms with Gasteiger partial charge in [-0.2, -0.15) is 5.26 Å². The number of ether oxygens (including phenoxy) is 1. The Hall–Kier alpha value is -1.01. The summed E-state index contributed by atoms with van der Waals surface area (Å²) < 4.78 is 6.22. The van der Waals surface area contributed by atoms with E-state index in [2.05, 4.69) is 19.9 Å². The Morgan fingerprint density at radius 1 is 1.44 bits per heavy atom. The van der Waals surface area contributed by atoms with Crippen molar-refractivity contribution in [2.75, 3.05) is 0 Å². The molecule has 0 aromatic rings. The van der Waals surface area contributed by atoms with E-state index >= 15 is 0 Å². The van der Waals surface area contributed by atoms with E-state index in [0.717, 1.165) is 19.3 Å². The molecule has 0 spiro atoms. The highest BCUT2D eigenvalue weighted by molar-refractivity contribution is 5.34. The van der Waals surface area contributed by atoms with Crippen molar-refractivity contribution < 1.29 is 9.84 Å². The number of fused-ring (bicyclic) bond motifs is 1. The Morgan fingerprint density at radius 2 is 2.11 bits per heavy atom. The van der Waals surface area contributed by atoms with Gasteiger partial charge in [0.1, 0.15) is 5.76 Å². The molecule has 1 fully saturated rings. The molecule has 1 aliphatic heterocycles. The van der Waals surface area contributed by atoms with Crippen LogP contribution < -0.4 is 0 Å². The first-order chi connectivity index (χ1) is 8.35. The van der Waals surface area contributed by atoms with Gasteiger partial charge >= 0.3 is 0 Å². The number of nitriles is 1. The fourth-order valence-electron chi connectivity index (χ4n) is 3.66. The van der Waals surface area contributed by atoms with Gasteiger partial charge in [0.05, 0.1) is 23.9 Å². The van der Waals surface area contributed by atoms with Crippen molar-refractivity contribution in [1.29, 1.82) is 5.26 Å². The second-order valence-corrected chi connectivity index (χ2v) is 6.58. The van der Waals surface area contributed by atoms with Crippen molar-refractivity contribution >= 4 is 0 Å². The fourth-order valence-corrected chi connectivity index (χ4v) is 3.66. The van der Waals surface area contributed by atoms with Gasteiger partial charge in [-0.25, -0.2) is 0 Å². The van der Waals surface area contributed by atoms with Crippen LogP contribution in [0.2, 0.25) is 0 Å². The van der Waals surface area contributed by atoms with Crippen LogP contribution in [0.1, 0.15) is 53.4 Å². The molecule has 2 unspecified atom stereocenters. The van der Waals surface area contributed by atoms with E-state index in [0.29, 0.717) is 18.1 Å². The summed E-state index contributed by atoms with van der Waals surface area (Å²) in [7, 11) is 0. The lowest BCUT2D eigenvalue weighted by Crippen LogP contribution is -2.54. The first-order valence-corrected chi connectivity index (χ1v) is 6.83. The van der Waals surface area contributed by atoms with E-state index in [9.17, 15) is 10.4 Å². The molecule has 1 saturated heterocycles. The number of hydrogen-bond donors (Lipinski definition) is 1. The molecule has 2 aliphatic rings. The van der Waals surface area contributed by atoms with Crippen LogP contribution in [0.15, 0.2) is 11.3 Å². The van der Waals surface area contributed by atoms with Crippen LogP contribution in [0.5, 0.6) is 0 Å². The highest BCUT2D eigenvalue weighted by Gasteiger charge is 2.54. The lowest BCUT2D eigenvalue weighted by molar-refractivity contribution is -0.176. The monoisotopic (exact) mass is 249 g/mol. The molecule has 3 nitrogen and oxygen atoms in total. The molecule has 0 bridgehead atoms. The molecular weight excluding hydrogens is 226 g/mol. The summed E-state index contributed by atoms with van der Waals surface area (Å²) in [6, 6.07) is 2.17. The van der Waals surface area contributed by atoms with Gasteiger partial charge in [-0.1, -0.05) is 27.7 Å². The van der Waals surface area contributed by atoms with Gasteiger partial charge in [0.15, 0.2) is 0 Å². The standard InChI is InChI=1S/C15H23NO2/c1-5-11-6-7-15(4)8-10(9-16)12(17)14(2,3)13(15)18-11/h11,13,17H,5-8H2,1-4H3/t11?,13-,15?/m0/s1. The highest BCUT2D eigenvalue weighted by Crippen LogP contribution is 2.54. The maximum atomic E-state index is 10.3. The largest absolute Gasteiger partial charge is 0.511 e. The minimum Gasteiger partial charge on any atom is -0.511 e. The Kier molecular flexibility index (Phi) is 3.19. The molecule has 0 saturated carbocycles. The minimum atomic E-state index is -0.466. The summed E-state index contributed by atoms with van der Waals surface area (Å²) in [5.41, 5.74) is 0.0514. The van der Waals surface area contributed by atoms with Gasteiger partial charge < -0.3 is 9.84 Å². The van der Waals surface area contributed by atoms with Crippen LogP contribution in [-0.4, -0.2) is 17.3 Å². The van der Waals surface area contributed by atoms with Gasteiger partial charge in [0.2, 0.25) is 0 Å². The third-order valence-electron chi connectivity index (χ3n) is 4.72. The highest BCUT2D eigenvalue weighted by atomic mass is 16.5. The van der Waals surface area contributed by atoms with E-state index < -0.39 is 5.41 Å². The van der Waals surface area contributed by atoms with Crippen molar-refractivity contribution in [3.8, 4) is 6.07 Å². The van der Waals surface area contributed by atoms with E-state index in [1.807, 2.05) is 13.8 Å². The van der Waals surface area contributed by atoms with Crippen molar-refractivity contribution in [2.45, 2.75) is 65.6 Å². The SMILES string of the molecule is CCC1CCC2(C)CC(C#N)=C(O)C(C)(C)[C@@H]2O1. The summed E-state index contributed by atoms with van der Waals surface area (Å²) in [6.07, 6.45) is 4.06. The molecule has 3 atom stereocenters. The molecular formula is C15H23NO2. The second kappa shape index (κ2) is 4.28. The van der Waals surface area contributed by atoms with Crippen molar-refractivity contribution in [3.05, 3.63) is 11.3 Å². The number of allylic oxidation sites excluding steroid dienone is 1. The number of aliphatic hydroxyl groups excluding tert-OH is 1. The van der Waals surface area contributed by atoms with Crippen LogP contribution in [0.3, 0.4) is 0 Å². The quantitative estimate of drug-likeness (QED) is 0.770. The van der Waals surface area contributed by atoms with Gasteiger partial charge in [0.25, 0.3) is 0 Å². The molecule has 3 heteroatoms. The third kappa shape index (κ3) is 1.83. The van der Waals surface area contributed by atoms with Gasteiger partial charge in [0, 0.05) is 5.41 Å². The van der Waals surface area contributed by atoms with E-state index in [-0.39, 0.29) is 17.3 Å². The molecule has 1 aliphatic carbocycles. The number of rotatable bonds is 1.